The summed E-state index contributed by atoms with van der Waals surface area (Å²) in [7, 11) is 0. The highest BCUT2D eigenvalue weighted by Crippen LogP contribution is 2.38. The summed E-state index contributed by atoms with van der Waals surface area (Å²) in [6.07, 6.45) is 0.760. The molecular weight excluding hydrogens is 247 g/mol. The molecule has 0 aliphatic carbocycles. The van der Waals surface area contributed by atoms with E-state index in [1.807, 2.05) is 0 Å². The maximum atomic E-state index is 13.3. The molecule has 3 nitrogen and oxygen atoms in total. The van der Waals surface area contributed by atoms with Crippen molar-refractivity contribution in [1.82, 2.24) is 0 Å². The molecule has 0 spiro atoms. The summed E-state index contributed by atoms with van der Waals surface area (Å²) in [5, 5.41) is 0. The molecule has 96 valence electrons. The van der Waals surface area contributed by atoms with Crippen molar-refractivity contribution in [3.8, 4) is 22.6 Å². The van der Waals surface area contributed by atoms with Crippen LogP contribution in [0.25, 0.3) is 11.1 Å². The molecule has 0 radical (unpaired) electrons. The van der Waals surface area contributed by atoms with Crippen LogP contribution in [0.2, 0.25) is 0 Å². The zero-order valence-electron chi connectivity index (χ0n) is 10.3. The molecule has 2 aromatic carbocycles. The number of aldehydes is 1. The normalized spacial score (nSPS) is 12.5. The summed E-state index contributed by atoms with van der Waals surface area (Å²) in [5.41, 5.74) is 2.52. The van der Waals surface area contributed by atoms with Gasteiger partial charge in [-0.3, -0.25) is 4.79 Å². The average Bonchev–Trinajstić information content (AvgIpc) is 2.87. The fraction of sp³-hybridized carbons (Fsp3) is 0.133. The molecule has 0 saturated heterocycles. The maximum Gasteiger partial charge on any atom is 0.231 e. The maximum absolute atomic E-state index is 13.3. The Balaban J connectivity index is 2.18. The van der Waals surface area contributed by atoms with Crippen LogP contribution in [0.15, 0.2) is 30.3 Å². The van der Waals surface area contributed by atoms with E-state index in [1.165, 1.54) is 6.07 Å². The Morgan fingerprint density at radius 1 is 1.16 bits per heavy atom. The zero-order valence-corrected chi connectivity index (χ0v) is 10.3. The van der Waals surface area contributed by atoms with Gasteiger partial charge < -0.3 is 9.47 Å². The molecule has 0 fully saturated rings. The summed E-state index contributed by atoms with van der Waals surface area (Å²) in [4.78, 5) is 11.2. The van der Waals surface area contributed by atoms with Crippen molar-refractivity contribution in [3.05, 3.63) is 47.3 Å². The van der Waals surface area contributed by atoms with Crippen LogP contribution >= 0.6 is 0 Å². The third-order valence-corrected chi connectivity index (χ3v) is 3.14. The van der Waals surface area contributed by atoms with Gasteiger partial charge in [0.1, 0.15) is 5.82 Å². The Morgan fingerprint density at radius 2 is 1.89 bits per heavy atom. The van der Waals surface area contributed by atoms with Crippen LogP contribution in [0, 0.1) is 12.7 Å². The van der Waals surface area contributed by atoms with Gasteiger partial charge in [-0.15, -0.1) is 0 Å². The topological polar surface area (TPSA) is 35.5 Å². The molecule has 0 atom stereocenters. The van der Waals surface area contributed by atoms with Crippen molar-refractivity contribution in [1.29, 1.82) is 0 Å². The van der Waals surface area contributed by atoms with E-state index in [0.717, 1.165) is 11.8 Å². The summed E-state index contributed by atoms with van der Waals surface area (Å²) >= 11 is 0. The summed E-state index contributed by atoms with van der Waals surface area (Å²) < 4.78 is 23.8. The predicted molar refractivity (Wildman–Crippen MR) is 68.1 cm³/mol. The lowest BCUT2D eigenvalue weighted by molar-refractivity contribution is 0.112. The van der Waals surface area contributed by atoms with Gasteiger partial charge in [-0.1, -0.05) is 6.07 Å². The lowest BCUT2D eigenvalue weighted by atomic mass is 9.98. The third kappa shape index (κ3) is 1.95. The van der Waals surface area contributed by atoms with Crippen molar-refractivity contribution in [2.24, 2.45) is 0 Å². The Bertz CT molecular complexity index is 665. The fourth-order valence-corrected chi connectivity index (χ4v) is 2.12. The number of halogens is 1. The standard InChI is InChI=1S/C15H11FO3/c1-9-4-10(2-3-13(9)16)12-6-15-14(18-8-19-15)5-11(12)7-17/h2-7H,8H2,1H3. The lowest BCUT2D eigenvalue weighted by Crippen LogP contribution is -1.92. The molecule has 1 heterocycles. The van der Waals surface area contributed by atoms with Gasteiger partial charge in [-0.25, -0.2) is 4.39 Å². The second-order valence-corrected chi connectivity index (χ2v) is 4.37. The Labute approximate surface area is 109 Å². The Kier molecular flexibility index (Phi) is 2.71. The van der Waals surface area contributed by atoms with Crippen LogP contribution in [0.4, 0.5) is 4.39 Å². The summed E-state index contributed by atoms with van der Waals surface area (Å²) in [5.74, 6) is 0.893. The highest BCUT2D eigenvalue weighted by atomic mass is 19.1. The first-order chi connectivity index (χ1) is 9.19. The van der Waals surface area contributed by atoms with Crippen LogP contribution in [-0.4, -0.2) is 13.1 Å². The van der Waals surface area contributed by atoms with Crippen LogP contribution in [0.3, 0.4) is 0 Å². The first kappa shape index (κ1) is 11.7. The fourth-order valence-electron chi connectivity index (χ4n) is 2.12. The number of fused-ring (bicyclic) bond motifs is 1. The number of benzene rings is 2. The molecule has 0 unspecified atom stereocenters. The van der Waals surface area contributed by atoms with E-state index in [-0.39, 0.29) is 12.6 Å². The molecular formula is C15H11FO3. The number of hydrogen-bond acceptors (Lipinski definition) is 3. The van der Waals surface area contributed by atoms with Gasteiger partial charge in [0.05, 0.1) is 0 Å². The number of carbonyl (C=O) groups is 1. The molecule has 0 aromatic heterocycles. The minimum atomic E-state index is -0.267. The van der Waals surface area contributed by atoms with Gasteiger partial charge in [0.15, 0.2) is 17.8 Å². The first-order valence-electron chi connectivity index (χ1n) is 5.84. The second-order valence-electron chi connectivity index (χ2n) is 4.37. The van der Waals surface area contributed by atoms with Crippen LogP contribution in [-0.2, 0) is 0 Å². The van der Waals surface area contributed by atoms with Crippen LogP contribution in [0.5, 0.6) is 11.5 Å². The van der Waals surface area contributed by atoms with E-state index in [2.05, 4.69) is 0 Å². The van der Waals surface area contributed by atoms with E-state index in [0.29, 0.717) is 28.2 Å². The zero-order chi connectivity index (χ0) is 13.4. The molecule has 4 heteroatoms. The Morgan fingerprint density at radius 3 is 2.58 bits per heavy atom. The highest BCUT2D eigenvalue weighted by Gasteiger charge is 2.18. The molecule has 0 bridgehead atoms. The largest absolute Gasteiger partial charge is 0.454 e. The molecule has 0 N–H and O–H groups in total. The van der Waals surface area contributed by atoms with Crippen LogP contribution in [0.1, 0.15) is 15.9 Å². The highest BCUT2D eigenvalue weighted by molar-refractivity contribution is 5.89. The van der Waals surface area contributed by atoms with E-state index in [9.17, 15) is 9.18 Å². The van der Waals surface area contributed by atoms with Gasteiger partial charge in [0.25, 0.3) is 0 Å². The van der Waals surface area contributed by atoms with Crippen molar-refractivity contribution >= 4 is 6.29 Å². The number of aryl methyl sites for hydroxylation is 1. The second kappa shape index (κ2) is 4.39. The molecule has 3 rings (SSSR count). The van der Waals surface area contributed by atoms with E-state index in [1.54, 1.807) is 31.2 Å². The molecule has 1 aliphatic heterocycles. The van der Waals surface area contributed by atoms with E-state index >= 15 is 0 Å². The molecule has 0 saturated carbocycles. The third-order valence-electron chi connectivity index (χ3n) is 3.14. The van der Waals surface area contributed by atoms with E-state index < -0.39 is 0 Å². The predicted octanol–water partition coefficient (Wildman–Crippen LogP) is 3.34. The van der Waals surface area contributed by atoms with Gasteiger partial charge in [-0.05, 0) is 47.9 Å². The van der Waals surface area contributed by atoms with Crippen molar-refractivity contribution in [3.63, 3.8) is 0 Å². The summed E-state index contributed by atoms with van der Waals surface area (Å²) in [6, 6.07) is 8.14. The lowest BCUT2D eigenvalue weighted by Gasteiger charge is -2.08. The monoisotopic (exact) mass is 258 g/mol. The molecule has 1 aliphatic rings. The van der Waals surface area contributed by atoms with Crippen LogP contribution < -0.4 is 9.47 Å². The van der Waals surface area contributed by atoms with Gasteiger partial charge >= 0.3 is 0 Å². The minimum absolute atomic E-state index is 0.152. The van der Waals surface area contributed by atoms with Crippen molar-refractivity contribution in [2.45, 2.75) is 6.92 Å². The van der Waals surface area contributed by atoms with Crippen molar-refractivity contribution < 1.29 is 18.7 Å². The average molecular weight is 258 g/mol. The van der Waals surface area contributed by atoms with E-state index in [4.69, 9.17) is 9.47 Å². The molecule has 0 amide bonds. The smallest absolute Gasteiger partial charge is 0.231 e. The number of carbonyl (C=O) groups excluding carboxylic acids is 1. The SMILES string of the molecule is Cc1cc(-c2cc3c(cc2C=O)OCO3)ccc1F. The van der Waals surface area contributed by atoms with Crippen molar-refractivity contribution in [2.75, 3.05) is 6.79 Å². The van der Waals surface area contributed by atoms with Gasteiger partial charge in [0, 0.05) is 5.56 Å². The minimum Gasteiger partial charge on any atom is -0.454 e. The molecule has 2 aromatic rings. The quantitative estimate of drug-likeness (QED) is 0.775. The number of rotatable bonds is 2. The van der Waals surface area contributed by atoms with Gasteiger partial charge in [-0.2, -0.15) is 0 Å². The summed E-state index contributed by atoms with van der Waals surface area (Å²) in [6.45, 7) is 1.84. The number of ether oxygens (including phenoxy) is 2. The molecule has 19 heavy (non-hydrogen) atoms. The van der Waals surface area contributed by atoms with Gasteiger partial charge in [0.2, 0.25) is 6.79 Å². The number of hydrogen-bond donors (Lipinski definition) is 0. The first-order valence-corrected chi connectivity index (χ1v) is 5.84. The Hall–Kier alpha value is -2.36.